The normalized spacial score (nSPS) is 23.2. The van der Waals surface area contributed by atoms with Gasteiger partial charge in [-0.1, -0.05) is 0 Å². The van der Waals surface area contributed by atoms with Gasteiger partial charge in [0.1, 0.15) is 0 Å². The Bertz CT molecular complexity index is 467. The predicted octanol–water partition coefficient (Wildman–Crippen LogP) is 0.975. The monoisotopic (exact) mass is 283 g/mol. The fourth-order valence-electron chi connectivity index (χ4n) is 2.32. The van der Waals surface area contributed by atoms with E-state index in [1.807, 2.05) is 0 Å². The Hall–Kier alpha value is -1.47. The molecule has 1 aliphatic carbocycles. The summed E-state index contributed by atoms with van der Waals surface area (Å²) in [7, 11) is 0. The largest absolute Gasteiger partial charge is 0.476 e. The van der Waals surface area contributed by atoms with Gasteiger partial charge in [0.25, 0.3) is 0 Å². The number of carbonyl (C=O) groups is 2. The number of primary amides is 1. The van der Waals surface area contributed by atoms with Gasteiger partial charge in [-0.15, -0.1) is 11.3 Å². The van der Waals surface area contributed by atoms with Gasteiger partial charge in [-0.3, -0.25) is 4.79 Å². The third kappa shape index (κ3) is 3.74. The van der Waals surface area contributed by atoms with E-state index in [4.69, 9.17) is 10.8 Å². The van der Waals surface area contributed by atoms with Crippen LogP contribution >= 0.6 is 11.3 Å². The number of nitrogens with zero attached hydrogens (tertiary/aromatic N) is 1. The molecule has 0 atom stereocenters. The highest BCUT2D eigenvalue weighted by Crippen LogP contribution is 2.24. The number of nitrogens with one attached hydrogen (secondary N) is 1. The first-order valence-corrected chi connectivity index (χ1v) is 7.14. The maximum absolute atomic E-state index is 11.0. The number of amides is 1. The molecule has 1 fully saturated rings. The van der Waals surface area contributed by atoms with Gasteiger partial charge in [-0.2, -0.15) is 0 Å². The molecule has 1 amide bonds. The zero-order chi connectivity index (χ0) is 13.8. The summed E-state index contributed by atoms with van der Waals surface area (Å²) in [5, 5.41) is 14.0. The second-order valence-electron chi connectivity index (χ2n) is 4.78. The first kappa shape index (κ1) is 14.0. The molecule has 0 aromatic carbocycles. The van der Waals surface area contributed by atoms with Crippen LogP contribution in [0.3, 0.4) is 0 Å². The number of carboxylic acid groups (broad SMARTS) is 1. The van der Waals surface area contributed by atoms with Crippen molar-refractivity contribution in [1.82, 2.24) is 10.3 Å². The molecule has 0 saturated heterocycles. The van der Waals surface area contributed by atoms with Crippen molar-refractivity contribution in [2.24, 2.45) is 11.7 Å². The van der Waals surface area contributed by atoms with Gasteiger partial charge in [0.2, 0.25) is 10.9 Å². The summed E-state index contributed by atoms with van der Waals surface area (Å²) in [5.74, 6) is -1.18. The van der Waals surface area contributed by atoms with Crippen molar-refractivity contribution in [3.05, 3.63) is 16.1 Å². The van der Waals surface area contributed by atoms with Gasteiger partial charge in [0.15, 0.2) is 0 Å². The van der Waals surface area contributed by atoms with Gasteiger partial charge in [-0.25, -0.2) is 9.78 Å². The van der Waals surface area contributed by atoms with E-state index in [9.17, 15) is 9.59 Å². The van der Waals surface area contributed by atoms with Crippen LogP contribution in [-0.4, -0.2) is 28.0 Å². The first-order valence-electron chi connectivity index (χ1n) is 6.26. The first-order chi connectivity index (χ1) is 9.06. The van der Waals surface area contributed by atoms with Crippen molar-refractivity contribution in [2.45, 2.75) is 38.3 Å². The number of aromatic nitrogens is 1. The third-order valence-electron chi connectivity index (χ3n) is 3.44. The SMILES string of the molecule is NC(=O)C1CCC(NCc2csc(C(=O)O)n2)CC1. The lowest BCUT2D eigenvalue weighted by molar-refractivity contribution is -0.122. The molecule has 0 unspecified atom stereocenters. The van der Waals surface area contributed by atoms with Gasteiger partial charge in [-0.05, 0) is 25.7 Å². The molecule has 2 rings (SSSR count). The number of rotatable bonds is 5. The van der Waals surface area contributed by atoms with Crippen molar-refractivity contribution >= 4 is 23.2 Å². The summed E-state index contributed by atoms with van der Waals surface area (Å²) >= 11 is 1.14. The third-order valence-corrected chi connectivity index (χ3v) is 4.32. The van der Waals surface area contributed by atoms with Crippen LogP contribution in [-0.2, 0) is 11.3 Å². The van der Waals surface area contributed by atoms with E-state index in [1.54, 1.807) is 5.38 Å². The molecular formula is C12H17N3O3S. The van der Waals surface area contributed by atoms with Crippen LogP contribution in [0.4, 0.5) is 0 Å². The molecule has 4 N–H and O–H groups in total. The zero-order valence-corrected chi connectivity index (χ0v) is 11.3. The quantitative estimate of drug-likeness (QED) is 0.747. The smallest absolute Gasteiger partial charge is 0.365 e. The molecule has 6 nitrogen and oxygen atoms in total. The Morgan fingerprint density at radius 1 is 1.42 bits per heavy atom. The van der Waals surface area contributed by atoms with Gasteiger partial charge in [0, 0.05) is 23.9 Å². The van der Waals surface area contributed by atoms with E-state index in [0.717, 1.165) is 42.7 Å². The van der Waals surface area contributed by atoms with Crippen molar-refractivity contribution in [1.29, 1.82) is 0 Å². The Morgan fingerprint density at radius 3 is 2.63 bits per heavy atom. The highest BCUT2D eigenvalue weighted by molar-refractivity contribution is 7.11. The Labute approximate surface area is 115 Å². The summed E-state index contributed by atoms with van der Waals surface area (Å²) in [6, 6.07) is 0.352. The Kier molecular flexibility index (Phi) is 4.49. The molecule has 1 aromatic heterocycles. The van der Waals surface area contributed by atoms with E-state index in [2.05, 4.69) is 10.3 Å². The van der Waals surface area contributed by atoms with Crippen LogP contribution in [0.25, 0.3) is 0 Å². The molecule has 1 heterocycles. The molecule has 0 spiro atoms. The highest BCUT2D eigenvalue weighted by Gasteiger charge is 2.24. The van der Waals surface area contributed by atoms with Crippen LogP contribution in [0.1, 0.15) is 41.2 Å². The number of aromatic carboxylic acids is 1. The van der Waals surface area contributed by atoms with Gasteiger partial charge >= 0.3 is 5.97 Å². The molecule has 1 aromatic rings. The highest BCUT2D eigenvalue weighted by atomic mass is 32.1. The average molecular weight is 283 g/mol. The molecule has 19 heavy (non-hydrogen) atoms. The summed E-state index contributed by atoms with van der Waals surface area (Å²) in [6.07, 6.45) is 3.49. The lowest BCUT2D eigenvalue weighted by Crippen LogP contribution is -2.36. The molecule has 0 aliphatic heterocycles. The number of hydrogen-bond donors (Lipinski definition) is 3. The average Bonchev–Trinajstić information content (AvgIpc) is 2.86. The Balaban J connectivity index is 1.77. The number of carboxylic acids is 1. The van der Waals surface area contributed by atoms with Crippen LogP contribution in [0.2, 0.25) is 0 Å². The number of thiazole rings is 1. The van der Waals surface area contributed by atoms with E-state index >= 15 is 0 Å². The van der Waals surface area contributed by atoms with E-state index in [-0.39, 0.29) is 16.8 Å². The van der Waals surface area contributed by atoms with E-state index in [1.165, 1.54) is 0 Å². The topological polar surface area (TPSA) is 105 Å². The second-order valence-corrected chi connectivity index (χ2v) is 5.64. The maximum atomic E-state index is 11.0. The summed E-state index contributed by atoms with van der Waals surface area (Å²) < 4.78 is 0. The van der Waals surface area contributed by atoms with Gasteiger partial charge in [0.05, 0.1) is 5.69 Å². The van der Waals surface area contributed by atoms with Crippen LogP contribution in [0, 0.1) is 5.92 Å². The minimum atomic E-state index is -0.988. The van der Waals surface area contributed by atoms with Crippen LogP contribution in [0.15, 0.2) is 5.38 Å². The minimum Gasteiger partial charge on any atom is -0.476 e. The predicted molar refractivity (Wildman–Crippen MR) is 70.9 cm³/mol. The molecule has 104 valence electrons. The molecule has 1 saturated carbocycles. The van der Waals surface area contributed by atoms with Gasteiger partial charge < -0.3 is 16.2 Å². The number of nitrogens with two attached hydrogens (primary N) is 1. The summed E-state index contributed by atoms with van der Waals surface area (Å²) in [6.45, 7) is 0.565. The molecular weight excluding hydrogens is 266 g/mol. The van der Waals surface area contributed by atoms with Crippen LogP contribution < -0.4 is 11.1 Å². The summed E-state index contributed by atoms with van der Waals surface area (Å²) in [4.78, 5) is 25.8. The second kappa shape index (κ2) is 6.12. The van der Waals surface area contributed by atoms with Crippen LogP contribution in [0.5, 0.6) is 0 Å². The fourth-order valence-corrected chi connectivity index (χ4v) is 2.97. The maximum Gasteiger partial charge on any atom is 0.365 e. The number of hydrogen-bond acceptors (Lipinski definition) is 5. The zero-order valence-electron chi connectivity index (χ0n) is 10.5. The molecule has 0 radical (unpaired) electrons. The standard InChI is InChI=1S/C12H17N3O3S/c13-10(16)7-1-3-8(4-2-7)14-5-9-6-19-11(15-9)12(17)18/h6-8,14H,1-5H2,(H2,13,16)(H,17,18). The lowest BCUT2D eigenvalue weighted by atomic mass is 9.85. The Morgan fingerprint density at radius 2 is 2.11 bits per heavy atom. The van der Waals surface area contributed by atoms with Crippen molar-refractivity contribution in [3.63, 3.8) is 0 Å². The minimum absolute atomic E-state index is 0.0101. The van der Waals surface area contributed by atoms with Crippen molar-refractivity contribution in [3.8, 4) is 0 Å². The lowest BCUT2D eigenvalue weighted by Gasteiger charge is -2.27. The fraction of sp³-hybridized carbons (Fsp3) is 0.583. The molecule has 0 bridgehead atoms. The summed E-state index contributed by atoms with van der Waals surface area (Å²) in [5.41, 5.74) is 6.03. The molecule has 1 aliphatic rings. The number of carbonyl (C=O) groups excluding carboxylic acids is 1. The van der Waals surface area contributed by atoms with E-state index in [0.29, 0.717) is 12.6 Å². The van der Waals surface area contributed by atoms with E-state index < -0.39 is 5.97 Å². The van der Waals surface area contributed by atoms with Crippen molar-refractivity contribution < 1.29 is 14.7 Å². The molecule has 7 heteroatoms. The van der Waals surface area contributed by atoms with Crippen molar-refractivity contribution in [2.75, 3.05) is 0 Å².